The minimum absolute atomic E-state index is 0.196. The quantitative estimate of drug-likeness (QED) is 0.378. The van der Waals surface area contributed by atoms with Crippen molar-refractivity contribution in [1.82, 2.24) is 15.5 Å². The van der Waals surface area contributed by atoms with Crippen molar-refractivity contribution in [2.75, 3.05) is 13.7 Å². The van der Waals surface area contributed by atoms with Gasteiger partial charge in [-0.3, -0.25) is 19.7 Å². The van der Waals surface area contributed by atoms with Crippen LogP contribution in [0.1, 0.15) is 18.1 Å². The number of nitrogens with zero attached hydrogens (tertiary/aromatic N) is 1. The first-order valence-corrected chi connectivity index (χ1v) is 11.5. The van der Waals surface area contributed by atoms with E-state index in [1.54, 1.807) is 18.9 Å². The Bertz CT molecular complexity index is 1180. The van der Waals surface area contributed by atoms with Crippen molar-refractivity contribution in [2.45, 2.75) is 38.0 Å². The highest BCUT2D eigenvalue weighted by Gasteiger charge is 2.49. The molecular formula is C27H29N3O4. The maximum absolute atomic E-state index is 13.5. The fourth-order valence-corrected chi connectivity index (χ4v) is 4.14. The Morgan fingerprint density at radius 3 is 2.44 bits per heavy atom. The minimum Gasteiger partial charge on any atom is -0.465 e. The third-order valence-electron chi connectivity index (χ3n) is 5.97. The summed E-state index contributed by atoms with van der Waals surface area (Å²) in [5.74, 6) is -1.04. The maximum atomic E-state index is 13.5. The second-order valence-corrected chi connectivity index (χ2v) is 8.46. The van der Waals surface area contributed by atoms with Gasteiger partial charge in [-0.05, 0) is 28.8 Å². The largest absolute Gasteiger partial charge is 0.465 e. The molecule has 0 spiro atoms. The average Bonchev–Trinajstić information content (AvgIpc) is 3.66. The van der Waals surface area contributed by atoms with E-state index in [0.29, 0.717) is 13.0 Å². The molecule has 1 saturated heterocycles. The van der Waals surface area contributed by atoms with E-state index >= 15 is 0 Å². The molecule has 34 heavy (non-hydrogen) atoms. The van der Waals surface area contributed by atoms with Gasteiger partial charge in [0.05, 0.1) is 6.61 Å². The van der Waals surface area contributed by atoms with Crippen molar-refractivity contribution in [1.29, 1.82) is 0 Å². The molecule has 0 aliphatic carbocycles. The van der Waals surface area contributed by atoms with Gasteiger partial charge in [-0.15, -0.1) is 0 Å². The number of nitrogens with one attached hydrogen (secondary N) is 2. The lowest BCUT2D eigenvalue weighted by molar-refractivity contribution is -0.143. The summed E-state index contributed by atoms with van der Waals surface area (Å²) in [5.41, 5.74) is 1.97. The highest BCUT2D eigenvalue weighted by molar-refractivity contribution is 5.97. The number of fused-ring (bicyclic) bond motifs is 1. The number of benzene rings is 3. The zero-order valence-corrected chi connectivity index (χ0v) is 19.4. The monoisotopic (exact) mass is 459 g/mol. The fraction of sp³-hybridized carbons (Fsp3) is 0.296. The standard InChI is InChI=1S/C27H29N3O4/c1-3-34-27(33)24-23(29-24)25(31)28-22(16-18-10-5-4-6-11-18)26(32)30(2)17-20-14-9-13-19-12-7-8-15-21(19)20/h4-15,22-24,29H,3,16-17H2,1-2H3,(H,28,31)/t22-,23-,24-/m0/s1. The van der Waals surface area contributed by atoms with Gasteiger partial charge in [0.1, 0.15) is 18.1 Å². The number of likely N-dealkylation sites (N-methyl/N-ethyl adjacent to an activating group) is 1. The van der Waals surface area contributed by atoms with E-state index in [0.717, 1.165) is 21.9 Å². The van der Waals surface area contributed by atoms with Crippen molar-refractivity contribution < 1.29 is 19.1 Å². The van der Waals surface area contributed by atoms with Crippen LogP contribution in [-0.4, -0.2) is 54.5 Å². The molecule has 3 atom stereocenters. The van der Waals surface area contributed by atoms with Crippen LogP contribution < -0.4 is 10.6 Å². The Balaban J connectivity index is 1.49. The highest BCUT2D eigenvalue weighted by Crippen LogP contribution is 2.20. The van der Waals surface area contributed by atoms with Gasteiger partial charge in [-0.25, -0.2) is 0 Å². The third kappa shape index (κ3) is 5.43. The smallest absolute Gasteiger partial charge is 0.325 e. The van der Waals surface area contributed by atoms with E-state index < -0.39 is 24.1 Å². The summed E-state index contributed by atoms with van der Waals surface area (Å²) in [4.78, 5) is 39.9. The van der Waals surface area contributed by atoms with Crippen molar-refractivity contribution in [2.24, 2.45) is 0 Å². The van der Waals surface area contributed by atoms with Gasteiger partial charge in [-0.1, -0.05) is 72.8 Å². The Hall–Kier alpha value is -3.71. The zero-order chi connectivity index (χ0) is 24.1. The van der Waals surface area contributed by atoms with E-state index in [4.69, 9.17) is 4.74 Å². The number of amides is 2. The molecule has 3 aromatic rings. The SMILES string of the molecule is CCOC(=O)[C@H]1N[C@@H]1C(=O)N[C@@H](Cc1ccccc1)C(=O)N(C)Cc1cccc2ccccc12. The molecule has 0 aromatic heterocycles. The molecule has 4 rings (SSSR count). The minimum atomic E-state index is -0.764. The lowest BCUT2D eigenvalue weighted by atomic mass is 10.0. The summed E-state index contributed by atoms with van der Waals surface area (Å²) in [6.45, 7) is 2.38. The predicted octanol–water partition coefficient (Wildman–Crippen LogP) is 2.43. The number of carbonyl (C=O) groups excluding carboxylic acids is 3. The van der Waals surface area contributed by atoms with Crippen LogP contribution >= 0.6 is 0 Å². The number of rotatable bonds is 9. The van der Waals surface area contributed by atoms with Gasteiger partial charge in [0.2, 0.25) is 11.8 Å². The molecule has 176 valence electrons. The average molecular weight is 460 g/mol. The third-order valence-corrected chi connectivity index (χ3v) is 5.97. The molecule has 0 bridgehead atoms. The first-order chi connectivity index (χ1) is 16.5. The predicted molar refractivity (Wildman–Crippen MR) is 130 cm³/mol. The van der Waals surface area contributed by atoms with Crippen LogP contribution in [0, 0.1) is 0 Å². The van der Waals surface area contributed by atoms with Gasteiger partial charge < -0.3 is 15.0 Å². The van der Waals surface area contributed by atoms with Crippen LogP contribution in [0.4, 0.5) is 0 Å². The number of hydrogen-bond donors (Lipinski definition) is 2. The summed E-state index contributed by atoms with van der Waals surface area (Å²) in [7, 11) is 1.74. The number of ether oxygens (including phenoxy) is 1. The zero-order valence-electron chi connectivity index (χ0n) is 19.4. The van der Waals surface area contributed by atoms with Gasteiger partial charge in [-0.2, -0.15) is 0 Å². The summed E-state index contributed by atoms with van der Waals surface area (Å²) in [5, 5.41) is 7.90. The topological polar surface area (TPSA) is 97.6 Å². The van der Waals surface area contributed by atoms with E-state index in [2.05, 4.69) is 10.6 Å². The van der Waals surface area contributed by atoms with Crippen LogP contribution in [0.3, 0.4) is 0 Å². The normalized spacial score (nSPS) is 17.6. The molecule has 0 radical (unpaired) electrons. The van der Waals surface area contributed by atoms with Crippen molar-refractivity contribution >= 4 is 28.6 Å². The molecule has 7 nitrogen and oxygen atoms in total. The van der Waals surface area contributed by atoms with Crippen LogP contribution in [0.25, 0.3) is 10.8 Å². The van der Waals surface area contributed by atoms with Crippen molar-refractivity contribution in [3.8, 4) is 0 Å². The molecule has 3 aromatic carbocycles. The highest BCUT2D eigenvalue weighted by atomic mass is 16.5. The van der Waals surface area contributed by atoms with Gasteiger partial charge >= 0.3 is 5.97 Å². The van der Waals surface area contributed by atoms with Gasteiger partial charge in [0.15, 0.2) is 0 Å². The molecule has 0 saturated carbocycles. The van der Waals surface area contributed by atoms with Crippen molar-refractivity contribution in [3.63, 3.8) is 0 Å². The summed E-state index contributed by atoms with van der Waals surface area (Å²) < 4.78 is 4.98. The maximum Gasteiger partial charge on any atom is 0.325 e. The second kappa shape index (κ2) is 10.5. The molecule has 7 heteroatoms. The van der Waals surface area contributed by atoms with Crippen LogP contribution in [0.2, 0.25) is 0 Å². The van der Waals surface area contributed by atoms with Crippen LogP contribution in [-0.2, 0) is 32.1 Å². The van der Waals surface area contributed by atoms with E-state index in [1.807, 2.05) is 72.8 Å². The summed E-state index contributed by atoms with van der Waals surface area (Å²) in [6.07, 6.45) is 0.349. The lowest BCUT2D eigenvalue weighted by Crippen LogP contribution is -2.50. The molecule has 1 aliphatic rings. The van der Waals surface area contributed by atoms with Crippen molar-refractivity contribution in [3.05, 3.63) is 83.9 Å². The van der Waals surface area contributed by atoms with Crippen LogP contribution in [0.5, 0.6) is 0 Å². The second-order valence-electron chi connectivity index (χ2n) is 8.46. The number of hydrogen-bond acceptors (Lipinski definition) is 5. The Labute approximate surface area is 199 Å². The molecule has 1 aliphatic heterocycles. The number of carbonyl (C=O) groups is 3. The molecule has 1 fully saturated rings. The fourth-order valence-electron chi connectivity index (χ4n) is 4.14. The van der Waals surface area contributed by atoms with Gasteiger partial charge in [0, 0.05) is 20.0 Å². The Morgan fingerprint density at radius 2 is 1.68 bits per heavy atom. The Morgan fingerprint density at radius 1 is 0.971 bits per heavy atom. The summed E-state index contributed by atoms with van der Waals surface area (Å²) >= 11 is 0. The van der Waals surface area contributed by atoms with E-state index in [1.165, 1.54) is 0 Å². The first kappa shape index (κ1) is 23.4. The Kier molecular flexibility index (Phi) is 7.23. The summed E-state index contributed by atoms with van der Waals surface area (Å²) in [6, 6.07) is 21.5. The van der Waals surface area contributed by atoms with E-state index in [-0.39, 0.29) is 18.4 Å². The first-order valence-electron chi connectivity index (χ1n) is 11.5. The molecule has 0 unspecified atom stereocenters. The molecule has 2 amide bonds. The van der Waals surface area contributed by atoms with Gasteiger partial charge in [0.25, 0.3) is 0 Å². The molecule has 2 N–H and O–H groups in total. The molecule has 1 heterocycles. The number of esters is 1. The van der Waals surface area contributed by atoms with Crippen LogP contribution in [0.15, 0.2) is 72.8 Å². The molecular weight excluding hydrogens is 430 g/mol. The van der Waals surface area contributed by atoms with E-state index in [9.17, 15) is 14.4 Å². The lowest BCUT2D eigenvalue weighted by Gasteiger charge is -2.25.